The fourth-order valence-corrected chi connectivity index (χ4v) is 2.14. The van der Waals surface area contributed by atoms with Gasteiger partial charge in [0, 0.05) is 6.61 Å². The third-order valence-electron chi connectivity index (χ3n) is 3.12. The topological polar surface area (TPSA) is 75.4 Å². The van der Waals surface area contributed by atoms with E-state index >= 15 is 0 Å². The van der Waals surface area contributed by atoms with Crippen molar-refractivity contribution in [1.82, 2.24) is 0 Å². The third kappa shape index (κ3) is 3.55. The van der Waals surface area contributed by atoms with Crippen LogP contribution in [0.4, 0.5) is 15.8 Å². The number of hydrogen-bond donors (Lipinski definition) is 2. The van der Waals surface area contributed by atoms with Crippen molar-refractivity contribution >= 4 is 11.4 Å². The van der Waals surface area contributed by atoms with Gasteiger partial charge in [0.2, 0.25) is 5.82 Å². The van der Waals surface area contributed by atoms with Gasteiger partial charge in [-0.15, -0.1) is 0 Å². The van der Waals surface area contributed by atoms with E-state index in [1.54, 1.807) is 0 Å². The molecule has 0 fully saturated rings. The second kappa shape index (κ2) is 6.81. The van der Waals surface area contributed by atoms with Crippen LogP contribution in [-0.2, 0) is 0 Å². The lowest BCUT2D eigenvalue weighted by atomic mass is 10.0. The first-order valence-electron chi connectivity index (χ1n) is 6.48. The molecule has 2 N–H and O–H groups in total. The van der Waals surface area contributed by atoms with Gasteiger partial charge in [-0.25, -0.2) is 0 Å². The van der Waals surface area contributed by atoms with Crippen LogP contribution < -0.4 is 5.32 Å². The van der Waals surface area contributed by atoms with E-state index in [9.17, 15) is 14.5 Å². The van der Waals surface area contributed by atoms with Gasteiger partial charge in [-0.05, 0) is 24.1 Å². The molecule has 0 aliphatic rings. The lowest BCUT2D eigenvalue weighted by molar-refractivity contribution is -0.386. The molecule has 0 spiro atoms. The number of benzene rings is 2. The Balaban J connectivity index is 2.34. The Morgan fingerprint density at radius 1 is 1.19 bits per heavy atom. The Kier molecular flexibility index (Phi) is 4.84. The summed E-state index contributed by atoms with van der Waals surface area (Å²) in [7, 11) is 0. The molecule has 2 rings (SSSR count). The van der Waals surface area contributed by atoms with Gasteiger partial charge in [-0.1, -0.05) is 36.4 Å². The van der Waals surface area contributed by atoms with Crippen molar-refractivity contribution in [1.29, 1.82) is 0 Å². The molecule has 1 atom stereocenters. The second-order valence-corrected chi connectivity index (χ2v) is 4.51. The fraction of sp³-hybridized carbons (Fsp3) is 0.200. The minimum absolute atomic E-state index is 0.0876. The van der Waals surface area contributed by atoms with E-state index in [1.165, 1.54) is 12.1 Å². The molecule has 0 bridgehead atoms. The second-order valence-electron chi connectivity index (χ2n) is 4.51. The number of nitrogens with one attached hydrogen (secondary N) is 1. The van der Waals surface area contributed by atoms with Crippen LogP contribution in [0.3, 0.4) is 0 Å². The molecule has 0 aromatic heterocycles. The monoisotopic (exact) mass is 290 g/mol. The van der Waals surface area contributed by atoms with E-state index in [2.05, 4.69) is 5.32 Å². The Bertz CT molecular complexity index is 620. The normalized spacial score (nSPS) is 11.9. The largest absolute Gasteiger partial charge is 0.396 e. The number of hydrogen-bond acceptors (Lipinski definition) is 4. The molecule has 0 heterocycles. The lowest BCUT2D eigenvalue weighted by Gasteiger charge is -2.19. The molecule has 0 saturated heterocycles. The first-order chi connectivity index (χ1) is 10.1. The number of nitrogens with zero attached hydrogens (tertiary/aromatic N) is 1. The van der Waals surface area contributed by atoms with Crippen molar-refractivity contribution in [3.05, 3.63) is 70.0 Å². The van der Waals surface area contributed by atoms with Gasteiger partial charge < -0.3 is 10.4 Å². The van der Waals surface area contributed by atoms with Crippen molar-refractivity contribution in [3.63, 3.8) is 0 Å². The zero-order valence-corrected chi connectivity index (χ0v) is 11.2. The summed E-state index contributed by atoms with van der Waals surface area (Å²) in [4.78, 5) is 10.2. The smallest absolute Gasteiger partial charge is 0.327 e. The highest BCUT2D eigenvalue weighted by atomic mass is 19.1. The molecule has 0 aliphatic heterocycles. The molecular formula is C15H15FN2O3. The molecule has 0 radical (unpaired) electrons. The number of aliphatic hydroxyl groups excluding tert-OH is 1. The highest BCUT2D eigenvalue weighted by Crippen LogP contribution is 2.31. The Labute approximate surface area is 121 Å². The van der Waals surface area contributed by atoms with Crippen LogP contribution in [0.2, 0.25) is 0 Å². The first-order valence-corrected chi connectivity index (χ1v) is 6.48. The molecule has 0 unspecified atom stereocenters. The number of nitro groups is 1. The zero-order chi connectivity index (χ0) is 15.2. The molecule has 21 heavy (non-hydrogen) atoms. The Morgan fingerprint density at radius 2 is 1.90 bits per heavy atom. The first kappa shape index (κ1) is 14.9. The number of aliphatic hydroxyl groups is 1. The van der Waals surface area contributed by atoms with E-state index in [1.807, 2.05) is 30.3 Å². The van der Waals surface area contributed by atoms with Gasteiger partial charge in [0.15, 0.2) is 0 Å². The van der Waals surface area contributed by atoms with Crippen LogP contribution in [0.1, 0.15) is 18.0 Å². The van der Waals surface area contributed by atoms with Gasteiger partial charge in [0.05, 0.1) is 11.0 Å². The predicted octanol–water partition coefficient (Wildman–Crippen LogP) is 3.27. The minimum Gasteiger partial charge on any atom is -0.396 e. The summed E-state index contributed by atoms with van der Waals surface area (Å²) < 4.78 is 13.6. The standard InChI is InChI=1S/C15H15FN2O3/c16-12-7-4-8-14(15(12)18(20)21)17-13(9-10-19)11-5-2-1-3-6-11/h1-8,13,17,19H,9-10H2/t13-/m0/s1. The number of anilines is 1. The van der Waals surface area contributed by atoms with Crippen LogP contribution in [0.5, 0.6) is 0 Å². The van der Waals surface area contributed by atoms with Crippen molar-refractivity contribution in [2.24, 2.45) is 0 Å². The van der Waals surface area contributed by atoms with E-state index in [4.69, 9.17) is 5.11 Å². The maximum absolute atomic E-state index is 13.6. The number of para-hydroxylation sites is 1. The van der Waals surface area contributed by atoms with Gasteiger partial charge in [-0.3, -0.25) is 10.1 Å². The summed E-state index contributed by atoms with van der Waals surface area (Å²) in [6, 6.07) is 12.8. The van der Waals surface area contributed by atoms with Crippen molar-refractivity contribution in [2.75, 3.05) is 11.9 Å². The van der Waals surface area contributed by atoms with E-state index in [-0.39, 0.29) is 18.3 Å². The minimum atomic E-state index is -0.888. The summed E-state index contributed by atoms with van der Waals surface area (Å²) in [5.74, 6) is -0.888. The van der Waals surface area contributed by atoms with Gasteiger partial charge >= 0.3 is 5.69 Å². The fourth-order valence-electron chi connectivity index (χ4n) is 2.14. The van der Waals surface area contributed by atoms with Crippen LogP contribution in [0, 0.1) is 15.9 Å². The molecular weight excluding hydrogens is 275 g/mol. The maximum Gasteiger partial charge on any atom is 0.327 e. The van der Waals surface area contributed by atoms with Gasteiger partial charge in [-0.2, -0.15) is 4.39 Å². The SMILES string of the molecule is O=[N+]([O-])c1c(F)cccc1N[C@@H](CCO)c1ccccc1. The molecule has 6 heteroatoms. The Hall–Kier alpha value is -2.47. The van der Waals surface area contributed by atoms with Gasteiger partial charge in [0.1, 0.15) is 5.69 Å². The third-order valence-corrected chi connectivity index (χ3v) is 3.12. The summed E-state index contributed by atoms with van der Waals surface area (Å²) in [5.41, 5.74) is 0.379. The summed E-state index contributed by atoms with van der Waals surface area (Å²) >= 11 is 0. The van der Waals surface area contributed by atoms with Crippen LogP contribution in [0.25, 0.3) is 0 Å². The van der Waals surface area contributed by atoms with Gasteiger partial charge in [0.25, 0.3) is 0 Å². The number of halogens is 1. The van der Waals surface area contributed by atoms with Crippen LogP contribution in [-0.4, -0.2) is 16.6 Å². The molecule has 0 amide bonds. The molecule has 0 saturated carbocycles. The molecule has 5 nitrogen and oxygen atoms in total. The predicted molar refractivity (Wildman–Crippen MR) is 77.6 cm³/mol. The average molecular weight is 290 g/mol. The highest BCUT2D eigenvalue weighted by Gasteiger charge is 2.22. The summed E-state index contributed by atoms with van der Waals surface area (Å²) in [6.07, 6.45) is 0.359. The van der Waals surface area contributed by atoms with Crippen molar-refractivity contribution in [2.45, 2.75) is 12.5 Å². The molecule has 110 valence electrons. The molecule has 2 aromatic rings. The highest BCUT2D eigenvalue weighted by molar-refractivity contribution is 5.62. The van der Waals surface area contributed by atoms with Crippen LogP contribution >= 0.6 is 0 Å². The number of rotatable bonds is 6. The Morgan fingerprint density at radius 3 is 2.52 bits per heavy atom. The maximum atomic E-state index is 13.6. The average Bonchev–Trinajstić information content (AvgIpc) is 2.47. The molecule has 0 aliphatic carbocycles. The van der Waals surface area contributed by atoms with E-state index in [0.29, 0.717) is 6.42 Å². The van der Waals surface area contributed by atoms with Crippen molar-refractivity contribution in [3.8, 4) is 0 Å². The van der Waals surface area contributed by atoms with E-state index in [0.717, 1.165) is 11.6 Å². The van der Waals surface area contributed by atoms with Crippen LogP contribution in [0.15, 0.2) is 48.5 Å². The summed E-state index contributed by atoms with van der Waals surface area (Å²) in [6.45, 7) is -0.0876. The quantitative estimate of drug-likeness (QED) is 0.632. The van der Waals surface area contributed by atoms with Crippen molar-refractivity contribution < 1.29 is 14.4 Å². The molecule has 2 aromatic carbocycles. The number of nitro benzene ring substituents is 1. The van der Waals surface area contributed by atoms with E-state index < -0.39 is 16.4 Å². The summed E-state index contributed by atoms with van der Waals surface area (Å²) in [5, 5.41) is 23.1. The zero-order valence-electron chi connectivity index (χ0n) is 11.2. The lowest BCUT2D eigenvalue weighted by Crippen LogP contribution is -2.14.